The van der Waals surface area contributed by atoms with E-state index in [9.17, 15) is 0 Å². The second-order valence-electron chi connectivity index (χ2n) is 5.72. The Kier molecular flexibility index (Phi) is 4.41. The minimum absolute atomic E-state index is 0.742. The predicted molar refractivity (Wildman–Crippen MR) is 95.4 cm³/mol. The lowest BCUT2D eigenvalue weighted by atomic mass is 9.93. The normalized spacial score (nSPS) is 14.8. The molecule has 1 aliphatic heterocycles. The molecule has 0 amide bonds. The van der Waals surface area contributed by atoms with E-state index in [1.165, 1.54) is 11.1 Å². The Labute approximate surface area is 136 Å². The minimum atomic E-state index is 0.742. The van der Waals surface area contributed by atoms with E-state index in [0.717, 1.165) is 34.8 Å². The van der Waals surface area contributed by atoms with Crippen molar-refractivity contribution in [2.75, 3.05) is 20.6 Å². The molecular weight excluding hydrogens is 292 g/mol. The largest absolute Gasteiger partial charge is 0.309 e. The topological polar surface area (TPSA) is 15.6 Å². The second-order valence-corrected chi connectivity index (χ2v) is 6.15. The van der Waals surface area contributed by atoms with E-state index in [2.05, 4.69) is 48.3 Å². The molecule has 3 rings (SSSR count). The van der Waals surface area contributed by atoms with Gasteiger partial charge in [0, 0.05) is 28.9 Å². The van der Waals surface area contributed by atoms with Crippen molar-refractivity contribution < 1.29 is 0 Å². The number of fused-ring (bicyclic) bond motifs is 2. The summed E-state index contributed by atoms with van der Waals surface area (Å²) >= 11 is 6.22. The van der Waals surface area contributed by atoms with Gasteiger partial charge < -0.3 is 4.90 Å². The zero-order valence-electron chi connectivity index (χ0n) is 12.9. The first-order valence-corrected chi connectivity index (χ1v) is 7.81. The van der Waals surface area contributed by atoms with E-state index < -0.39 is 0 Å². The van der Waals surface area contributed by atoms with Gasteiger partial charge in [0.2, 0.25) is 0 Å². The van der Waals surface area contributed by atoms with Crippen LogP contribution in [-0.4, -0.2) is 31.8 Å². The highest BCUT2D eigenvalue weighted by Gasteiger charge is 2.15. The fourth-order valence-corrected chi connectivity index (χ4v) is 2.83. The molecule has 0 fully saturated rings. The van der Waals surface area contributed by atoms with Crippen LogP contribution in [0.1, 0.15) is 23.1 Å². The Hall–Kier alpha value is -1.90. The molecule has 0 bridgehead atoms. The predicted octanol–water partition coefficient (Wildman–Crippen LogP) is 4.79. The Bertz CT molecular complexity index is 745. The molecule has 3 heteroatoms. The summed E-state index contributed by atoms with van der Waals surface area (Å²) in [6, 6.07) is 14.3. The molecule has 0 radical (unpaired) electrons. The van der Waals surface area contributed by atoms with Gasteiger partial charge in [-0.05, 0) is 49.9 Å². The summed E-state index contributed by atoms with van der Waals surface area (Å²) in [4.78, 5) is 6.82. The quantitative estimate of drug-likeness (QED) is 0.679. The van der Waals surface area contributed by atoms with Crippen LogP contribution in [0.25, 0.3) is 5.57 Å². The third-order valence-corrected chi connectivity index (χ3v) is 4.00. The van der Waals surface area contributed by atoms with Gasteiger partial charge in [0.25, 0.3) is 0 Å². The maximum atomic E-state index is 6.22. The molecule has 0 saturated heterocycles. The van der Waals surface area contributed by atoms with Gasteiger partial charge in [0.05, 0.1) is 5.69 Å². The Morgan fingerprint density at radius 2 is 1.91 bits per heavy atom. The fraction of sp³-hybridized carbons (Fsp3) is 0.211. The molecule has 0 aromatic heterocycles. The van der Waals surface area contributed by atoms with E-state index in [-0.39, 0.29) is 0 Å². The van der Waals surface area contributed by atoms with Gasteiger partial charge in [0.1, 0.15) is 0 Å². The molecule has 1 aliphatic rings. The van der Waals surface area contributed by atoms with Crippen LogP contribution in [-0.2, 0) is 0 Å². The van der Waals surface area contributed by atoms with Gasteiger partial charge in [-0.1, -0.05) is 41.9 Å². The average molecular weight is 311 g/mol. The molecule has 1 heterocycles. The van der Waals surface area contributed by atoms with Crippen molar-refractivity contribution in [2.24, 2.45) is 4.99 Å². The van der Waals surface area contributed by atoms with Gasteiger partial charge in [-0.3, -0.25) is 4.99 Å². The van der Waals surface area contributed by atoms with Crippen LogP contribution in [0.3, 0.4) is 0 Å². The maximum Gasteiger partial charge on any atom is 0.0709 e. The van der Waals surface area contributed by atoms with Crippen LogP contribution in [0.4, 0.5) is 5.69 Å². The number of hydrogen-bond donors (Lipinski definition) is 0. The van der Waals surface area contributed by atoms with Crippen molar-refractivity contribution in [3.05, 3.63) is 70.3 Å². The standard InChI is InChI=1S/C19H19ClN2/c1-22(2)11-5-8-17-16-7-4-3-6-14(16)13-21-19-10-9-15(20)12-18(17)19/h3-4,6-10,12-13H,5,11H2,1-2H3/b17-8+. The van der Waals surface area contributed by atoms with E-state index >= 15 is 0 Å². The Morgan fingerprint density at radius 3 is 2.73 bits per heavy atom. The van der Waals surface area contributed by atoms with Gasteiger partial charge >= 0.3 is 0 Å². The monoisotopic (exact) mass is 310 g/mol. The lowest BCUT2D eigenvalue weighted by molar-refractivity contribution is 0.417. The highest BCUT2D eigenvalue weighted by molar-refractivity contribution is 6.31. The van der Waals surface area contributed by atoms with Gasteiger partial charge in [-0.25, -0.2) is 0 Å². The van der Waals surface area contributed by atoms with Crippen molar-refractivity contribution in [1.82, 2.24) is 4.90 Å². The molecule has 0 atom stereocenters. The number of benzene rings is 2. The fourth-order valence-electron chi connectivity index (χ4n) is 2.66. The van der Waals surface area contributed by atoms with Crippen molar-refractivity contribution in [3.8, 4) is 0 Å². The highest BCUT2D eigenvalue weighted by atomic mass is 35.5. The van der Waals surface area contributed by atoms with Crippen LogP contribution in [0.15, 0.2) is 53.5 Å². The molecule has 22 heavy (non-hydrogen) atoms. The molecule has 2 aromatic rings. The van der Waals surface area contributed by atoms with E-state index in [1.54, 1.807) is 0 Å². The summed E-state index contributed by atoms with van der Waals surface area (Å²) in [5.41, 5.74) is 5.65. The third kappa shape index (κ3) is 3.13. The first-order valence-electron chi connectivity index (χ1n) is 7.43. The zero-order chi connectivity index (χ0) is 15.5. The molecule has 112 valence electrons. The van der Waals surface area contributed by atoms with Crippen molar-refractivity contribution in [1.29, 1.82) is 0 Å². The lowest BCUT2D eigenvalue weighted by Gasteiger charge is -2.13. The first kappa shape index (κ1) is 15.0. The van der Waals surface area contributed by atoms with Gasteiger partial charge in [0.15, 0.2) is 0 Å². The van der Waals surface area contributed by atoms with Gasteiger partial charge in [-0.15, -0.1) is 0 Å². The smallest absolute Gasteiger partial charge is 0.0709 e. The number of hydrogen-bond acceptors (Lipinski definition) is 2. The first-order chi connectivity index (χ1) is 10.6. The van der Waals surface area contributed by atoms with Crippen LogP contribution in [0, 0.1) is 0 Å². The molecule has 0 aliphatic carbocycles. The minimum Gasteiger partial charge on any atom is -0.309 e. The summed E-state index contributed by atoms with van der Waals surface area (Å²) in [6.45, 7) is 1.02. The summed E-state index contributed by atoms with van der Waals surface area (Å²) in [6.07, 6.45) is 5.22. The number of halogens is 1. The van der Waals surface area contributed by atoms with E-state index in [0.29, 0.717) is 0 Å². The molecule has 0 saturated carbocycles. The summed E-state index contributed by atoms with van der Waals surface area (Å²) < 4.78 is 0. The molecule has 2 nitrogen and oxygen atoms in total. The third-order valence-electron chi connectivity index (χ3n) is 3.77. The van der Waals surface area contributed by atoms with E-state index in [1.807, 2.05) is 30.5 Å². The van der Waals surface area contributed by atoms with Crippen molar-refractivity contribution in [2.45, 2.75) is 6.42 Å². The Balaban J connectivity index is 2.13. The van der Waals surface area contributed by atoms with Crippen LogP contribution in [0.2, 0.25) is 5.02 Å². The molecular formula is C19H19ClN2. The number of rotatable bonds is 3. The van der Waals surface area contributed by atoms with Crippen LogP contribution >= 0.6 is 11.6 Å². The second kappa shape index (κ2) is 6.47. The molecule has 0 unspecified atom stereocenters. The molecule has 0 spiro atoms. The highest BCUT2D eigenvalue weighted by Crippen LogP contribution is 2.37. The van der Waals surface area contributed by atoms with Crippen molar-refractivity contribution >= 4 is 29.1 Å². The van der Waals surface area contributed by atoms with Crippen LogP contribution in [0.5, 0.6) is 0 Å². The summed E-state index contributed by atoms with van der Waals surface area (Å²) in [7, 11) is 4.18. The molecule has 0 N–H and O–H groups in total. The van der Waals surface area contributed by atoms with Crippen LogP contribution < -0.4 is 0 Å². The van der Waals surface area contributed by atoms with Crippen molar-refractivity contribution in [3.63, 3.8) is 0 Å². The lowest BCUT2D eigenvalue weighted by Crippen LogP contribution is -2.12. The SMILES string of the molecule is CN(C)CC/C=C1\c2ccccc2C=Nc2ccc(Cl)cc21. The Morgan fingerprint density at radius 1 is 1.09 bits per heavy atom. The number of aliphatic imine (C=N–C) groups is 1. The van der Waals surface area contributed by atoms with E-state index in [4.69, 9.17) is 11.6 Å². The van der Waals surface area contributed by atoms with Gasteiger partial charge in [-0.2, -0.15) is 0 Å². The maximum absolute atomic E-state index is 6.22. The molecule has 2 aromatic carbocycles. The average Bonchev–Trinajstić information content (AvgIpc) is 2.65. The zero-order valence-corrected chi connectivity index (χ0v) is 13.6. The summed E-state index contributed by atoms with van der Waals surface area (Å²) in [5, 5.41) is 0.742. The number of nitrogens with zero attached hydrogens (tertiary/aromatic N) is 2. The summed E-state index contributed by atoms with van der Waals surface area (Å²) in [5.74, 6) is 0.